The van der Waals surface area contributed by atoms with Gasteiger partial charge >= 0.3 is 0 Å². The lowest BCUT2D eigenvalue weighted by molar-refractivity contribution is 0.0982. The lowest BCUT2D eigenvalue weighted by atomic mass is 9.98. The Balaban J connectivity index is 1.23. The van der Waals surface area contributed by atoms with Crippen LogP contribution in [0.2, 0.25) is 0 Å². The molecule has 0 saturated carbocycles. The molecule has 0 bridgehead atoms. The Bertz CT molecular complexity index is 1470. The fraction of sp³-hybridized carbons (Fsp3) is 0.414. The molecule has 0 atom stereocenters. The maximum Gasteiger partial charge on any atom is 0.166 e. The van der Waals surface area contributed by atoms with Gasteiger partial charge in [-0.25, -0.2) is 9.97 Å². The minimum atomic E-state index is -0.151. The molecule has 4 aromatic rings. The van der Waals surface area contributed by atoms with Crippen LogP contribution in [0, 0.1) is 6.92 Å². The number of aromatic nitrogens is 6. The number of anilines is 2. The lowest BCUT2D eigenvalue weighted by Gasteiger charge is -2.26. The fourth-order valence-electron chi connectivity index (χ4n) is 4.79. The third-order valence-electron chi connectivity index (χ3n) is 7.07. The van der Waals surface area contributed by atoms with Crippen LogP contribution in [-0.2, 0) is 25.0 Å². The molecule has 4 heterocycles. The number of ketones is 1. The topological polar surface area (TPSA) is 114 Å². The molecule has 0 spiro atoms. The van der Waals surface area contributed by atoms with E-state index in [2.05, 4.69) is 70.2 Å². The number of hydrogen-bond donors (Lipinski definition) is 2. The van der Waals surface area contributed by atoms with Crippen LogP contribution in [-0.4, -0.2) is 65.0 Å². The Morgan fingerprint density at radius 2 is 1.95 bits per heavy atom. The minimum absolute atomic E-state index is 0.0996. The van der Waals surface area contributed by atoms with Crippen molar-refractivity contribution in [3.63, 3.8) is 0 Å². The average molecular weight is 529 g/mol. The van der Waals surface area contributed by atoms with Gasteiger partial charge < -0.3 is 10.4 Å². The van der Waals surface area contributed by atoms with Crippen molar-refractivity contribution in [2.75, 3.05) is 25.0 Å². The molecule has 39 heavy (non-hydrogen) atoms. The normalized spacial score (nSPS) is 13.9. The molecule has 0 unspecified atom stereocenters. The van der Waals surface area contributed by atoms with Gasteiger partial charge in [-0.3, -0.25) is 19.1 Å². The predicted octanol–water partition coefficient (Wildman–Crippen LogP) is 3.97. The van der Waals surface area contributed by atoms with Crippen LogP contribution in [0.15, 0.2) is 49.1 Å². The molecule has 10 nitrogen and oxygen atoms in total. The van der Waals surface area contributed by atoms with E-state index in [1.165, 1.54) is 0 Å². The molecule has 0 radical (unpaired) electrons. The van der Waals surface area contributed by atoms with E-state index in [0.29, 0.717) is 30.8 Å². The van der Waals surface area contributed by atoms with Gasteiger partial charge in [-0.15, -0.1) is 0 Å². The summed E-state index contributed by atoms with van der Waals surface area (Å²) in [5, 5.41) is 21.5. The van der Waals surface area contributed by atoms with Crippen molar-refractivity contribution in [2.45, 2.75) is 59.2 Å². The smallest absolute Gasteiger partial charge is 0.166 e. The molecule has 1 aliphatic rings. The summed E-state index contributed by atoms with van der Waals surface area (Å²) in [4.78, 5) is 23.8. The van der Waals surface area contributed by atoms with Crippen molar-refractivity contribution >= 4 is 17.4 Å². The highest BCUT2D eigenvalue weighted by Gasteiger charge is 2.19. The summed E-state index contributed by atoms with van der Waals surface area (Å²) in [6.07, 6.45) is 6.15. The number of hydrogen-bond acceptors (Lipinski definition) is 8. The predicted molar refractivity (Wildman–Crippen MR) is 150 cm³/mol. The first-order chi connectivity index (χ1) is 18.7. The number of carbonyl (C=O) groups is 1. The van der Waals surface area contributed by atoms with E-state index in [9.17, 15) is 9.90 Å². The Hall–Kier alpha value is -3.89. The standard InChI is InChI=1S/C29H36N8O2/c1-20-13-22(6-5-21(20)7-8-26(39)23-16-32-37(17-23)29(2,3)4)25-15-27(31-19-30-25)33-28-14-24-18-35(11-12-38)9-10-36(24)34-28/h5-6,13-17,19,38H,7-12,18H2,1-4H3,(H,30,31,33,34). The first-order valence-corrected chi connectivity index (χ1v) is 13.4. The van der Waals surface area contributed by atoms with Gasteiger partial charge in [-0.1, -0.05) is 12.1 Å². The molecule has 204 valence electrons. The van der Waals surface area contributed by atoms with Crippen molar-refractivity contribution in [3.05, 3.63) is 71.4 Å². The van der Waals surface area contributed by atoms with Crippen molar-refractivity contribution in [1.29, 1.82) is 0 Å². The van der Waals surface area contributed by atoms with Crippen LogP contribution in [0.1, 0.15) is 54.4 Å². The van der Waals surface area contributed by atoms with E-state index in [4.69, 9.17) is 0 Å². The number of aliphatic hydroxyl groups excluding tert-OH is 1. The minimum Gasteiger partial charge on any atom is -0.395 e. The molecule has 0 amide bonds. The molecule has 0 saturated heterocycles. The van der Waals surface area contributed by atoms with E-state index < -0.39 is 0 Å². The molecule has 0 aliphatic carbocycles. The maximum absolute atomic E-state index is 12.8. The first-order valence-electron chi connectivity index (χ1n) is 13.4. The number of benzene rings is 1. The summed E-state index contributed by atoms with van der Waals surface area (Å²) in [7, 11) is 0. The lowest BCUT2D eigenvalue weighted by Crippen LogP contribution is -2.35. The number of nitrogens with one attached hydrogen (secondary N) is 1. The molecule has 2 N–H and O–H groups in total. The zero-order valence-corrected chi connectivity index (χ0v) is 23.1. The van der Waals surface area contributed by atoms with Crippen LogP contribution in [0.25, 0.3) is 11.3 Å². The van der Waals surface area contributed by atoms with Gasteiger partial charge in [0.25, 0.3) is 0 Å². The highest BCUT2D eigenvalue weighted by molar-refractivity contribution is 5.95. The van der Waals surface area contributed by atoms with Gasteiger partial charge in [0.05, 0.1) is 41.8 Å². The molecule has 3 aromatic heterocycles. The summed E-state index contributed by atoms with van der Waals surface area (Å²) < 4.78 is 3.83. The van der Waals surface area contributed by atoms with Gasteiger partial charge in [0.1, 0.15) is 12.1 Å². The molecule has 1 aliphatic heterocycles. The number of fused-ring (bicyclic) bond motifs is 1. The number of rotatable bonds is 9. The molecule has 10 heteroatoms. The van der Waals surface area contributed by atoms with E-state index in [1.807, 2.05) is 33.8 Å². The van der Waals surface area contributed by atoms with Gasteiger partial charge in [-0.2, -0.15) is 10.2 Å². The SMILES string of the molecule is Cc1cc(-c2cc(Nc3cc4n(n3)CCN(CCO)C4)ncn2)ccc1CCC(=O)c1cnn(C(C)(C)C)c1. The Kier molecular flexibility index (Phi) is 7.58. The molecule has 5 rings (SSSR count). The second-order valence-corrected chi connectivity index (χ2v) is 11.1. The van der Waals surface area contributed by atoms with Crippen LogP contribution in [0.4, 0.5) is 11.6 Å². The Morgan fingerprint density at radius 1 is 1.10 bits per heavy atom. The third kappa shape index (κ3) is 6.23. The van der Waals surface area contributed by atoms with Gasteiger partial charge in [0, 0.05) is 49.9 Å². The number of nitrogens with zero attached hydrogens (tertiary/aromatic N) is 7. The van der Waals surface area contributed by atoms with Crippen LogP contribution in [0.3, 0.4) is 0 Å². The van der Waals surface area contributed by atoms with Gasteiger partial charge in [0.2, 0.25) is 0 Å². The highest BCUT2D eigenvalue weighted by Crippen LogP contribution is 2.25. The molecule has 0 fully saturated rings. The fourth-order valence-corrected chi connectivity index (χ4v) is 4.79. The molecular formula is C29H36N8O2. The Labute approximate surface area is 228 Å². The first kappa shape index (κ1) is 26.7. The number of aliphatic hydroxyl groups is 1. The second kappa shape index (κ2) is 11.1. The zero-order chi connectivity index (χ0) is 27.6. The summed E-state index contributed by atoms with van der Waals surface area (Å²) in [5.41, 5.74) is 5.67. The van der Waals surface area contributed by atoms with Crippen LogP contribution in [0.5, 0.6) is 0 Å². The average Bonchev–Trinajstić information content (AvgIpc) is 3.55. The molecule has 1 aromatic carbocycles. The number of β-amino-alcohol motifs (C(OH)–C–C–N with tert-alkyl or cyclic N) is 1. The summed E-state index contributed by atoms with van der Waals surface area (Å²) in [6, 6.07) is 10.2. The maximum atomic E-state index is 12.8. The number of aryl methyl sites for hydroxylation is 2. The number of Topliss-reactive ketones (excluding diaryl/α,β-unsaturated/α-hetero) is 1. The summed E-state index contributed by atoms with van der Waals surface area (Å²) in [6.45, 7) is 11.5. The van der Waals surface area contributed by atoms with Gasteiger partial charge in [0.15, 0.2) is 11.6 Å². The second-order valence-electron chi connectivity index (χ2n) is 11.1. The quantitative estimate of drug-likeness (QED) is 0.314. The summed E-state index contributed by atoms with van der Waals surface area (Å²) >= 11 is 0. The van der Waals surface area contributed by atoms with Crippen molar-refractivity contribution in [2.24, 2.45) is 0 Å². The largest absolute Gasteiger partial charge is 0.395 e. The van der Waals surface area contributed by atoms with Crippen LogP contribution < -0.4 is 5.32 Å². The van der Waals surface area contributed by atoms with E-state index in [1.54, 1.807) is 12.5 Å². The van der Waals surface area contributed by atoms with Crippen molar-refractivity contribution < 1.29 is 9.90 Å². The van der Waals surface area contributed by atoms with E-state index in [-0.39, 0.29) is 17.9 Å². The van der Waals surface area contributed by atoms with Crippen molar-refractivity contribution in [3.8, 4) is 11.3 Å². The zero-order valence-electron chi connectivity index (χ0n) is 23.1. The third-order valence-corrected chi connectivity index (χ3v) is 7.07. The number of carbonyl (C=O) groups excluding carboxylic acids is 1. The van der Waals surface area contributed by atoms with E-state index in [0.717, 1.165) is 53.5 Å². The summed E-state index contributed by atoms with van der Waals surface area (Å²) in [5.74, 6) is 1.51. The van der Waals surface area contributed by atoms with E-state index >= 15 is 0 Å². The van der Waals surface area contributed by atoms with Gasteiger partial charge in [-0.05, 0) is 51.3 Å². The van der Waals surface area contributed by atoms with Crippen LogP contribution >= 0.6 is 0 Å². The Morgan fingerprint density at radius 3 is 2.69 bits per heavy atom. The van der Waals surface area contributed by atoms with Crippen molar-refractivity contribution in [1.82, 2.24) is 34.4 Å². The monoisotopic (exact) mass is 528 g/mol. The highest BCUT2D eigenvalue weighted by atomic mass is 16.3. The molecular weight excluding hydrogens is 492 g/mol.